The molecule has 1 aromatic carbocycles. The highest BCUT2D eigenvalue weighted by Gasteiger charge is 2.20. The summed E-state index contributed by atoms with van der Waals surface area (Å²) in [5.74, 6) is 1.00. The molecule has 28 heavy (non-hydrogen) atoms. The normalized spacial score (nSPS) is 13.3. The summed E-state index contributed by atoms with van der Waals surface area (Å²) in [4.78, 5) is 12.6. The van der Waals surface area contributed by atoms with Gasteiger partial charge in [-0.05, 0) is 57.4 Å². The van der Waals surface area contributed by atoms with Crippen molar-refractivity contribution in [2.24, 2.45) is 0 Å². The average Bonchev–Trinajstić information content (AvgIpc) is 3.33. The van der Waals surface area contributed by atoms with Crippen LogP contribution in [-0.4, -0.2) is 31.1 Å². The first-order chi connectivity index (χ1) is 13.4. The van der Waals surface area contributed by atoms with E-state index in [4.69, 9.17) is 4.42 Å². The molecule has 7 nitrogen and oxygen atoms in total. The van der Waals surface area contributed by atoms with Crippen molar-refractivity contribution in [2.75, 3.05) is 5.32 Å². The maximum Gasteiger partial charge on any atom is 0.277 e. The molecule has 0 bridgehead atoms. The lowest BCUT2D eigenvalue weighted by molar-refractivity contribution is -0.115. The zero-order valence-corrected chi connectivity index (χ0v) is 17.6. The molecule has 0 radical (unpaired) electrons. The third-order valence-corrected chi connectivity index (χ3v) is 5.67. The number of carbonyl (C=O) groups is 1. The molecule has 8 heteroatoms. The maximum atomic E-state index is 12.6. The highest BCUT2D eigenvalue weighted by atomic mass is 32.2. The van der Waals surface area contributed by atoms with E-state index in [1.54, 1.807) is 12.3 Å². The van der Waals surface area contributed by atoms with Crippen LogP contribution in [0, 0.1) is 13.8 Å². The first-order valence-corrected chi connectivity index (χ1v) is 10.2. The van der Waals surface area contributed by atoms with E-state index in [1.165, 1.54) is 17.3 Å². The molecule has 2 atom stereocenters. The highest BCUT2D eigenvalue weighted by molar-refractivity contribution is 8.00. The lowest BCUT2D eigenvalue weighted by Crippen LogP contribution is -2.24. The number of benzene rings is 1. The van der Waals surface area contributed by atoms with Gasteiger partial charge in [0.25, 0.3) is 5.22 Å². The molecule has 2 heterocycles. The minimum absolute atomic E-state index is 0.138. The lowest BCUT2D eigenvalue weighted by atomic mass is 10.1. The number of nitrogens with one attached hydrogen (secondary N) is 1. The van der Waals surface area contributed by atoms with Crippen molar-refractivity contribution in [3.05, 3.63) is 41.6 Å². The van der Waals surface area contributed by atoms with E-state index in [0.29, 0.717) is 16.9 Å². The van der Waals surface area contributed by atoms with Crippen LogP contribution in [-0.2, 0) is 4.79 Å². The van der Waals surface area contributed by atoms with Gasteiger partial charge in [0, 0.05) is 11.6 Å². The number of rotatable bonds is 7. The van der Waals surface area contributed by atoms with Gasteiger partial charge in [0.15, 0.2) is 0 Å². The number of hydrogen-bond acceptors (Lipinski definition) is 6. The number of thioether (sulfide) groups is 1. The van der Waals surface area contributed by atoms with Crippen molar-refractivity contribution in [3.63, 3.8) is 0 Å². The minimum Gasteiger partial charge on any atom is -0.411 e. The molecule has 0 unspecified atom stereocenters. The zero-order chi connectivity index (χ0) is 20.3. The highest BCUT2D eigenvalue weighted by Crippen LogP contribution is 2.28. The molecule has 0 aliphatic rings. The van der Waals surface area contributed by atoms with Gasteiger partial charge >= 0.3 is 0 Å². The molecule has 1 N–H and O–H groups in total. The smallest absolute Gasteiger partial charge is 0.277 e. The third-order valence-electron chi connectivity index (χ3n) is 4.74. The second-order valence-corrected chi connectivity index (χ2v) is 8.13. The fourth-order valence-electron chi connectivity index (χ4n) is 2.62. The Bertz CT molecular complexity index is 965. The average molecular weight is 400 g/mol. The van der Waals surface area contributed by atoms with E-state index in [9.17, 15) is 4.79 Å². The quantitative estimate of drug-likeness (QED) is 0.583. The second kappa shape index (κ2) is 8.60. The minimum atomic E-state index is -0.395. The van der Waals surface area contributed by atoms with Crippen LogP contribution in [0.4, 0.5) is 5.82 Å². The Hall–Kier alpha value is -2.61. The number of aryl methyl sites for hydroxylation is 2. The lowest BCUT2D eigenvalue weighted by Gasteiger charge is -2.15. The maximum absolute atomic E-state index is 12.6. The van der Waals surface area contributed by atoms with E-state index < -0.39 is 5.25 Å². The van der Waals surface area contributed by atoms with Crippen molar-refractivity contribution in [1.82, 2.24) is 20.0 Å². The molecule has 148 valence electrons. The summed E-state index contributed by atoms with van der Waals surface area (Å²) in [5, 5.41) is 15.4. The van der Waals surface area contributed by atoms with Gasteiger partial charge in [-0.1, -0.05) is 24.8 Å². The summed E-state index contributed by atoms with van der Waals surface area (Å²) >= 11 is 1.23. The summed E-state index contributed by atoms with van der Waals surface area (Å²) in [5.41, 5.74) is 3.24. The summed E-state index contributed by atoms with van der Waals surface area (Å²) < 4.78 is 7.56. The van der Waals surface area contributed by atoms with Gasteiger partial charge < -0.3 is 9.73 Å². The number of hydrogen-bond donors (Lipinski definition) is 1. The van der Waals surface area contributed by atoms with E-state index in [-0.39, 0.29) is 11.9 Å². The molecule has 0 aliphatic carbocycles. The summed E-state index contributed by atoms with van der Waals surface area (Å²) in [7, 11) is 0. The van der Waals surface area contributed by atoms with Crippen LogP contribution >= 0.6 is 11.8 Å². The number of amides is 1. The van der Waals surface area contributed by atoms with Gasteiger partial charge in [-0.25, -0.2) is 4.68 Å². The molecule has 3 aromatic rings. The van der Waals surface area contributed by atoms with Crippen molar-refractivity contribution in [1.29, 1.82) is 0 Å². The van der Waals surface area contributed by atoms with Crippen LogP contribution < -0.4 is 5.32 Å². The molecule has 1 amide bonds. The van der Waals surface area contributed by atoms with Crippen LogP contribution in [0.5, 0.6) is 0 Å². The number of anilines is 1. The fraction of sp³-hybridized carbons (Fsp3) is 0.400. The van der Waals surface area contributed by atoms with Crippen molar-refractivity contribution < 1.29 is 9.21 Å². The zero-order valence-electron chi connectivity index (χ0n) is 16.8. The van der Waals surface area contributed by atoms with Crippen LogP contribution in [0.3, 0.4) is 0 Å². The molecule has 0 fully saturated rings. The number of aromatic nitrogens is 4. The fourth-order valence-corrected chi connectivity index (χ4v) is 3.30. The Morgan fingerprint density at radius 3 is 2.71 bits per heavy atom. The molecular weight excluding hydrogens is 374 g/mol. The van der Waals surface area contributed by atoms with Gasteiger partial charge in [0.1, 0.15) is 5.82 Å². The largest absolute Gasteiger partial charge is 0.411 e. The van der Waals surface area contributed by atoms with Gasteiger partial charge in [-0.15, -0.1) is 10.2 Å². The van der Waals surface area contributed by atoms with Crippen molar-refractivity contribution >= 4 is 23.5 Å². The monoisotopic (exact) mass is 399 g/mol. The summed E-state index contributed by atoms with van der Waals surface area (Å²) in [6, 6.07) is 8.01. The predicted molar refractivity (Wildman–Crippen MR) is 110 cm³/mol. The van der Waals surface area contributed by atoms with Gasteiger partial charge in [-0.3, -0.25) is 4.79 Å². The first-order valence-electron chi connectivity index (χ1n) is 9.31. The topological polar surface area (TPSA) is 85.8 Å². The molecule has 0 spiro atoms. The van der Waals surface area contributed by atoms with Gasteiger partial charge in [0.2, 0.25) is 11.8 Å². The molecule has 2 aromatic heterocycles. The Kier molecular flexibility index (Phi) is 6.18. The Balaban J connectivity index is 1.66. The van der Waals surface area contributed by atoms with E-state index in [1.807, 2.05) is 36.7 Å². The van der Waals surface area contributed by atoms with Crippen LogP contribution in [0.2, 0.25) is 0 Å². The molecule has 0 aliphatic heterocycles. The van der Waals surface area contributed by atoms with Crippen LogP contribution in [0.25, 0.3) is 11.5 Å². The molecule has 3 rings (SSSR count). The first kappa shape index (κ1) is 20.1. The summed E-state index contributed by atoms with van der Waals surface area (Å²) in [6.07, 6.45) is 2.62. The van der Waals surface area contributed by atoms with Crippen LogP contribution in [0.15, 0.2) is 40.1 Å². The predicted octanol–water partition coefficient (Wildman–Crippen LogP) is 4.64. The Morgan fingerprint density at radius 1 is 1.21 bits per heavy atom. The SMILES string of the molecule is CC[C@@H](C)n1nccc1NC(=O)[C@H](C)Sc1nnc(-c2ccc(C)c(C)c2)o1. The van der Waals surface area contributed by atoms with Gasteiger partial charge in [0.05, 0.1) is 17.5 Å². The molecular formula is C20H25N5O2S. The van der Waals surface area contributed by atoms with E-state index in [2.05, 4.69) is 41.4 Å². The standard InChI is InChI=1S/C20H25N5O2S/c1-6-14(4)25-17(9-10-21-25)22-18(26)15(5)28-20-24-23-19(27-20)16-8-7-12(2)13(3)11-16/h7-11,14-15H,6H2,1-5H3,(H,22,26)/t14-,15+/m1/s1. The van der Waals surface area contributed by atoms with Gasteiger partial charge in [-0.2, -0.15) is 5.10 Å². The Labute approximate surface area is 168 Å². The van der Waals surface area contributed by atoms with Crippen molar-refractivity contribution in [2.45, 2.75) is 57.6 Å². The third kappa shape index (κ3) is 4.44. The Morgan fingerprint density at radius 2 is 2.00 bits per heavy atom. The summed E-state index contributed by atoms with van der Waals surface area (Å²) in [6.45, 7) is 10.1. The second-order valence-electron chi connectivity index (χ2n) is 6.84. The molecule has 0 saturated carbocycles. The van der Waals surface area contributed by atoms with Crippen molar-refractivity contribution in [3.8, 4) is 11.5 Å². The van der Waals surface area contributed by atoms with E-state index in [0.717, 1.165) is 17.5 Å². The van der Waals surface area contributed by atoms with E-state index >= 15 is 0 Å². The van der Waals surface area contributed by atoms with Crippen LogP contribution in [0.1, 0.15) is 44.4 Å². The number of nitrogens with zero attached hydrogens (tertiary/aromatic N) is 4. The number of carbonyl (C=O) groups excluding carboxylic acids is 1. The molecule has 0 saturated heterocycles.